The Bertz CT molecular complexity index is 456. The first-order valence-corrected chi connectivity index (χ1v) is 6.59. The average molecular weight is 263 g/mol. The van der Waals surface area contributed by atoms with Crippen LogP contribution in [-0.4, -0.2) is 25.2 Å². The Morgan fingerprint density at radius 3 is 2.95 bits per heavy atom. The Kier molecular flexibility index (Phi) is 4.10. The van der Waals surface area contributed by atoms with Crippen LogP contribution in [0.1, 0.15) is 26.7 Å². The highest BCUT2D eigenvalue weighted by Gasteiger charge is 2.32. The summed E-state index contributed by atoms with van der Waals surface area (Å²) >= 11 is 0. The predicted octanol–water partition coefficient (Wildman–Crippen LogP) is 2.84. The molecule has 104 valence electrons. The quantitative estimate of drug-likeness (QED) is 0.912. The fourth-order valence-corrected chi connectivity index (χ4v) is 2.40. The molecule has 1 aromatic carbocycles. The van der Waals surface area contributed by atoms with Crippen LogP contribution < -0.4 is 10.1 Å². The maximum Gasteiger partial charge on any atom is 0.227 e. The number of methoxy groups -OCH3 is 1. The maximum absolute atomic E-state index is 12.2. The number of benzene rings is 1. The maximum atomic E-state index is 12.2. The van der Waals surface area contributed by atoms with Gasteiger partial charge in [-0.2, -0.15) is 0 Å². The molecule has 4 nitrogen and oxygen atoms in total. The molecule has 19 heavy (non-hydrogen) atoms. The van der Waals surface area contributed by atoms with Gasteiger partial charge >= 0.3 is 0 Å². The lowest BCUT2D eigenvalue weighted by Gasteiger charge is -2.34. The first kappa shape index (κ1) is 13.9. The van der Waals surface area contributed by atoms with Crippen molar-refractivity contribution < 1.29 is 14.3 Å². The molecule has 0 aliphatic carbocycles. The van der Waals surface area contributed by atoms with Crippen LogP contribution in [0.5, 0.6) is 5.75 Å². The number of hydrogen-bond acceptors (Lipinski definition) is 3. The molecule has 1 atom stereocenters. The van der Waals surface area contributed by atoms with Crippen molar-refractivity contribution in [3.05, 3.63) is 24.3 Å². The standard InChI is InChI=1S/C15H21NO3/c1-15(2)10-11(7-8-19-15)14(17)16-12-5-4-6-13(9-12)18-3/h4-6,9,11H,7-8,10H2,1-3H3,(H,16,17)/t11-/m0/s1. The molecule has 0 spiro atoms. The molecular weight excluding hydrogens is 242 g/mol. The molecule has 0 bridgehead atoms. The summed E-state index contributed by atoms with van der Waals surface area (Å²) in [5, 5.41) is 2.95. The molecule has 0 aromatic heterocycles. The van der Waals surface area contributed by atoms with E-state index in [1.54, 1.807) is 7.11 Å². The van der Waals surface area contributed by atoms with Crippen LogP contribution in [0.15, 0.2) is 24.3 Å². The van der Waals surface area contributed by atoms with Crippen molar-refractivity contribution in [1.82, 2.24) is 0 Å². The van der Waals surface area contributed by atoms with E-state index < -0.39 is 0 Å². The minimum atomic E-state index is -0.214. The molecular formula is C15H21NO3. The first-order valence-electron chi connectivity index (χ1n) is 6.59. The predicted molar refractivity (Wildman–Crippen MR) is 74.4 cm³/mol. The van der Waals surface area contributed by atoms with E-state index in [9.17, 15) is 4.79 Å². The fraction of sp³-hybridized carbons (Fsp3) is 0.533. The van der Waals surface area contributed by atoms with Gasteiger partial charge in [-0.1, -0.05) is 6.07 Å². The normalized spacial score (nSPS) is 21.7. The molecule has 1 aliphatic rings. The van der Waals surface area contributed by atoms with E-state index in [4.69, 9.17) is 9.47 Å². The van der Waals surface area contributed by atoms with Crippen molar-refractivity contribution in [2.75, 3.05) is 19.0 Å². The van der Waals surface area contributed by atoms with Gasteiger partial charge in [0.1, 0.15) is 5.75 Å². The average Bonchev–Trinajstić information content (AvgIpc) is 2.37. The summed E-state index contributed by atoms with van der Waals surface area (Å²) < 4.78 is 10.8. The van der Waals surface area contributed by atoms with Crippen molar-refractivity contribution in [3.63, 3.8) is 0 Å². The summed E-state index contributed by atoms with van der Waals surface area (Å²) in [7, 11) is 1.61. The molecule has 1 aromatic rings. The van der Waals surface area contributed by atoms with Crippen LogP contribution in [-0.2, 0) is 9.53 Å². The molecule has 2 rings (SSSR count). The smallest absolute Gasteiger partial charge is 0.227 e. The lowest BCUT2D eigenvalue weighted by Crippen LogP contribution is -2.39. The lowest BCUT2D eigenvalue weighted by atomic mass is 9.88. The summed E-state index contributed by atoms with van der Waals surface area (Å²) in [6.07, 6.45) is 1.53. The van der Waals surface area contributed by atoms with Crippen molar-refractivity contribution in [1.29, 1.82) is 0 Å². The SMILES string of the molecule is COc1cccc(NC(=O)[C@H]2CCOC(C)(C)C2)c1. The van der Waals surface area contributed by atoms with Crippen LogP contribution in [0.2, 0.25) is 0 Å². The Labute approximate surface area is 114 Å². The van der Waals surface area contributed by atoms with Gasteiger partial charge in [0.05, 0.1) is 12.7 Å². The summed E-state index contributed by atoms with van der Waals surface area (Å²) in [5.41, 5.74) is 0.558. The summed E-state index contributed by atoms with van der Waals surface area (Å²) in [4.78, 5) is 12.2. The van der Waals surface area contributed by atoms with Gasteiger partial charge in [-0.25, -0.2) is 0 Å². The Balaban J connectivity index is 2.00. The number of anilines is 1. The van der Waals surface area contributed by atoms with Gasteiger partial charge in [0.25, 0.3) is 0 Å². The van der Waals surface area contributed by atoms with E-state index in [1.165, 1.54) is 0 Å². The van der Waals surface area contributed by atoms with Gasteiger partial charge in [0, 0.05) is 24.3 Å². The molecule has 1 saturated heterocycles. The van der Waals surface area contributed by atoms with Crippen LogP contribution in [0.3, 0.4) is 0 Å². The highest BCUT2D eigenvalue weighted by Crippen LogP contribution is 2.29. The van der Waals surface area contributed by atoms with Crippen LogP contribution in [0.4, 0.5) is 5.69 Å². The Morgan fingerprint density at radius 1 is 1.47 bits per heavy atom. The van der Waals surface area contributed by atoms with Crippen molar-refractivity contribution >= 4 is 11.6 Å². The van der Waals surface area contributed by atoms with Crippen LogP contribution >= 0.6 is 0 Å². The number of ether oxygens (including phenoxy) is 2. The van der Waals surface area contributed by atoms with E-state index in [-0.39, 0.29) is 17.4 Å². The van der Waals surface area contributed by atoms with E-state index in [0.29, 0.717) is 6.61 Å². The number of amides is 1. The minimum Gasteiger partial charge on any atom is -0.497 e. The van der Waals surface area contributed by atoms with Gasteiger partial charge < -0.3 is 14.8 Å². The largest absolute Gasteiger partial charge is 0.497 e. The highest BCUT2D eigenvalue weighted by atomic mass is 16.5. The Hall–Kier alpha value is -1.55. The number of rotatable bonds is 3. The molecule has 1 fully saturated rings. The van der Waals surface area contributed by atoms with Crippen molar-refractivity contribution in [2.45, 2.75) is 32.3 Å². The third kappa shape index (κ3) is 3.70. The molecule has 1 N–H and O–H groups in total. The van der Waals surface area contributed by atoms with Gasteiger partial charge in [0.2, 0.25) is 5.91 Å². The number of hydrogen-bond donors (Lipinski definition) is 1. The van der Waals surface area contributed by atoms with E-state index in [2.05, 4.69) is 5.32 Å². The third-order valence-corrected chi connectivity index (χ3v) is 3.41. The number of carbonyl (C=O) groups is 1. The third-order valence-electron chi connectivity index (χ3n) is 3.41. The summed E-state index contributed by atoms with van der Waals surface area (Å²) in [6, 6.07) is 7.41. The number of nitrogens with one attached hydrogen (secondary N) is 1. The van der Waals surface area contributed by atoms with Crippen LogP contribution in [0.25, 0.3) is 0 Å². The Morgan fingerprint density at radius 2 is 2.26 bits per heavy atom. The molecule has 0 saturated carbocycles. The lowest BCUT2D eigenvalue weighted by molar-refractivity contribution is -0.130. The molecule has 1 heterocycles. The second-order valence-electron chi connectivity index (χ2n) is 5.52. The molecule has 1 amide bonds. The monoisotopic (exact) mass is 263 g/mol. The van der Waals surface area contributed by atoms with E-state index >= 15 is 0 Å². The fourth-order valence-electron chi connectivity index (χ4n) is 2.40. The van der Waals surface area contributed by atoms with Gasteiger partial charge in [-0.05, 0) is 38.8 Å². The van der Waals surface area contributed by atoms with Gasteiger partial charge in [0.15, 0.2) is 0 Å². The summed E-state index contributed by atoms with van der Waals surface area (Å²) in [6.45, 7) is 4.69. The van der Waals surface area contributed by atoms with Gasteiger partial charge in [-0.3, -0.25) is 4.79 Å². The van der Waals surface area contributed by atoms with Crippen molar-refractivity contribution in [3.8, 4) is 5.75 Å². The zero-order chi connectivity index (χ0) is 13.9. The molecule has 0 radical (unpaired) electrons. The van der Waals surface area contributed by atoms with Crippen molar-refractivity contribution in [2.24, 2.45) is 5.92 Å². The van der Waals surface area contributed by atoms with Crippen LogP contribution in [0, 0.1) is 5.92 Å². The van der Waals surface area contributed by atoms with E-state index in [0.717, 1.165) is 24.3 Å². The second-order valence-corrected chi connectivity index (χ2v) is 5.52. The minimum absolute atomic E-state index is 0.00921. The molecule has 4 heteroatoms. The highest BCUT2D eigenvalue weighted by molar-refractivity contribution is 5.92. The second kappa shape index (κ2) is 5.61. The zero-order valence-electron chi connectivity index (χ0n) is 11.7. The zero-order valence-corrected chi connectivity index (χ0v) is 11.7. The topological polar surface area (TPSA) is 47.6 Å². The summed E-state index contributed by atoms with van der Waals surface area (Å²) in [5.74, 6) is 0.810. The first-order chi connectivity index (χ1) is 9.00. The molecule has 1 aliphatic heterocycles. The van der Waals surface area contributed by atoms with Gasteiger partial charge in [-0.15, -0.1) is 0 Å². The molecule has 0 unspecified atom stereocenters. The van der Waals surface area contributed by atoms with E-state index in [1.807, 2.05) is 38.1 Å². The number of carbonyl (C=O) groups excluding carboxylic acids is 1.